The standard InChI is InChI=1S/C24H26N2O4/c1-4-16-30-19-12-10-17(11-13-19)21-20(22(27)18-8-6-5-7-9-18)23(28)24(29)26(21)15-14-25(2)3/h4-13,21,27H,1,14-16H2,2-3H3/t21-/m0/s1. The van der Waals surface area contributed by atoms with Gasteiger partial charge in [0, 0.05) is 18.7 Å². The molecule has 1 heterocycles. The zero-order valence-corrected chi connectivity index (χ0v) is 17.2. The summed E-state index contributed by atoms with van der Waals surface area (Å²) in [4.78, 5) is 29.2. The summed E-state index contributed by atoms with van der Waals surface area (Å²) in [5.74, 6) is -0.788. The summed E-state index contributed by atoms with van der Waals surface area (Å²) in [5.41, 5.74) is 1.33. The largest absolute Gasteiger partial charge is 0.507 e. The number of carbonyl (C=O) groups excluding carboxylic acids is 2. The number of hydrogen-bond acceptors (Lipinski definition) is 5. The van der Waals surface area contributed by atoms with E-state index in [-0.39, 0.29) is 11.3 Å². The Balaban J connectivity index is 2.06. The maximum absolute atomic E-state index is 12.9. The van der Waals surface area contributed by atoms with Crippen LogP contribution in [0, 0.1) is 0 Å². The molecule has 6 heteroatoms. The number of nitrogens with zero attached hydrogens (tertiary/aromatic N) is 2. The highest BCUT2D eigenvalue weighted by Gasteiger charge is 2.45. The van der Waals surface area contributed by atoms with Gasteiger partial charge in [-0.05, 0) is 31.8 Å². The van der Waals surface area contributed by atoms with Crippen molar-refractivity contribution in [2.75, 3.05) is 33.8 Å². The maximum Gasteiger partial charge on any atom is 0.295 e. The van der Waals surface area contributed by atoms with Crippen LogP contribution in [0.1, 0.15) is 17.2 Å². The van der Waals surface area contributed by atoms with Crippen LogP contribution in [-0.4, -0.2) is 60.4 Å². The average molecular weight is 406 g/mol. The third-order valence-corrected chi connectivity index (χ3v) is 4.94. The summed E-state index contributed by atoms with van der Waals surface area (Å²) in [6.45, 7) is 4.97. The fraction of sp³-hybridized carbons (Fsp3) is 0.250. The van der Waals surface area contributed by atoms with Crippen LogP contribution in [0.25, 0.3) is 5.76 Å². The number of ether oxygens (including phenoxy) is 1. The van der Waals surface area contributed by atoms with Gasteiger partial charge in [-0.1, -0.05) is 55.1 Å². The molecule has 6 nitrogen and oxygen atoms in total. The third kappa shape index (κ3) is 4.44. The number of benzene rings is 2. The molecule has 0 unspecified atom stereocenters. The highest BCUT2D eigenvalue weighted by Crippen LogP contribution is 2.39. The van der Waals surface area contributed by atoms with Crippen LogP contribution < -0.4 is 4.74 Å². The Morgan fingerprint density at radius 1 is 1.13 bits per heavy atom. The lowest BCUT2D eigenvalue weighted by molar-refractivity contribution is -0.140. The first kappa shape index (κ1) is 21.3. The number of carbonyl (C=O) groups is 2. The lowest BCUT2D eigenvalue weighted by atomic mass is 9.95. The molecule has 1 saturated heterocycles. The monoisotopic (exact) mass is 406 g/mol. The molecular formula is C24H26N2O4. The fourth-order valence-electron chi connectivity index (χ4n) is 3.42. The summed E-state index contributed by atoms with van der Waals surface area (Å²) in [7, 11) is 3.81. The fourth-order valence-corrected chi connectivity index (χ4v) is 3.42. The van der Waals surface area contributed by atoms with Crippen molar-refractivity contribution in [1.29, 1.82) is 0 Å². The van der Waals surface area contributed by atoms with Crippen LogP contribution in [0.15, 0.2) is 72.8 Å². The van der Waals surface area contributed by atoms with E-state index in [1.165, 1.54) is 4.90 Å². The Morgan fingerprint density at radius 2 is 1.80 bits per heavy atom. The molecule has 3 rings (SSSR count). The normalized spacial score (nSPS) is 18.1. The second kappa shape index (κ2) is 9.41. The first-order valence-electron chi connectivity index (χ1n) is 9.76. The van der Waals surface area contributed by atoms with E-state index in [9.17, 15) is 14.7 Å². The number of aliphatic hydroxyl groups is 1. The van der Waals surface area contributed by atoms with E-state index in [1.807, 2.05) is 37.2 Å². The van der Waals surface area contributed by atoms with Crippen molar-refractivity contribution in [3.63, 3.8) is 0 Å². The van der Waals surface area contributed by atoms with Gasteiger partial charge in [-0.25, -0.2) is 0 Å². The molecule has 0 spiro atoms. The van der Waals surface area contributed by atoms with Crippen LogP contribution in [-0.2, 0) is 9.59 Å². The molecule has 1 aliphatic heterocycles. The second-order valence-corrected chi connectivity index (χ2v) is 7.33. The van der Waals surface area contributed by atoms with Crippen LogP contribution in [0.3, 0.4) is 0 Å². The first-order chi connectivity index (χ1) is 14.4. The molecule has 30 heavy (non-hydrogen) atoms. The van der Waals surface area contributed by atoms with E-state index in [1.54, 1.807) is 42.5 Å². The van der Waals surface area contributed by atoms with Crippen molar-refractivity contribution in [3.8, 4) is 5.75 Å². The van der Waals surface area contributed by atoms with Gasteiger partial charge in [0.2, 0.25) is 0 Å². The van der Waals surface area contributed by atoms with Crippen molar-refractivity contribution in [3.05, 3.63) is 84.0 Å². The lowest BCUT2D eigenvalue weighted by Crippen LogP contribution is -2.35. The third-order valence-electron chi connectivity index (χ3n) is 4.94. The Labute approximate surface area is 176 Å². The van der Waals surface area contributed by atoms with Crippen molar-refractivity contribution in [1.82, 2.24) is 9.80 Å². The van der Waals surface area contributed by atoms with Gasteiger partial charge in [0.15, 0.2) is 0 Å². The number of amides is 1. The number of hydrogen-bond donors (Lipinski definition) is 1. The van der Waals surface area contributed by atoms with E-state index in [2.05, 4.69) is 6.58 Å². The minimum atomic E-state index is -0.674. The average Bonchev–Trinajstić information content (AvgIpc) is 3.01. The second-order valence-electron chi connectivity index (χ2n) is 7.33. The van der Waals surface area contributed by atoms with Crippen LogP contribution >= 0.6 is 0 Å². The highest BCUT2D eigenvalue weighted by atomic mass is 16.5. The summed E-state index contributed by atoms with van der Waals surface area (Å²) in [6.07, 6.45) is 1.66. The first-order valence-corrected chi connectivity index (χ1v) is 9.76. The number of likely N-dealkylation sites (tertiary alicyclic amines) is 1. The molecule has 156 valence electrons. The van der Waals surface area contributed by atoms with E-state index in [4.69, 9.17) is 4.74 Å². The predicted molar refractivity (Wildman–Crippen MR) is 116 cm³/mol. The lowest BCUT2D eigenvalue weighted by Gasteiger charge is -2.26. The molecular weight excluding hydrogens is 380 g/mol. The van der Waals surface area contributed by atoms with E-state index in [0.717, 1.165) is 5.56 Å². The molecule has 2 aromatic carbocycles. The Hall–Kier alpha value is -3.38. The van der Waals surface area contributed by atoms with Crippen LogP contribution in [0.4, 0.5) is 0 Å². The molecule has 1 amide bonds. The summed E-state index contributed by atoms with van der Waals surface area (Å²) < 4.78 is 5.53. The van der Waals surface area contributed by atoms with Crippen LogP contribution in [0.2, 0.25) is 0 Å². The zero-order chi connectivity index (χ0) is 21.7. The number of likely N-dealkylation sites (N-methyl/N-ethyl adjacent to an activating group) is 1. The van der Waals surface area contributed by atoms with E-state index >= 15 is 0 Å². The molecule has 0 bridgehead atoms. The van der Waals surface area contributed by atoms with Gasteiger partial charge in [-0.3, -0.25) is 9.59 Å². The quantitative estimate of drug-likeness (QED) is 0.315. The van der Waals surface area contributed by atoms with E-state index in [0.29, 0.717) is 31.0 Å². The minimum absolute atomic E-state index is 0.102. The molecule has 1 fully saturated rings. The Kier molecular flexibility index (Phi) is 6.69. The van der Waals surface area contributed by atoms with Gasteiger partial charge in [0.25, 0.3) is 11.7 Å². The topological polar surface area (TPSA) is 70.1 Å². The molecule has 0 aromatic heterocycles. The molecule has 1 atom stereocenters. The van der Waals surface area contributed by atoms with Gasteiger partial charge in [0.05, 0.1) is 11.6 Å². The minimum Gasteiger partial charge on any atom is -0.507 e. The molecule has 0 saturated carbocycles. The number of rotatable bonds is 8. The summed E-state index contributed by atoms with van der Waals surface area (Å²) >= 11 is 0. The van der Waals surface area contributed by atoms with Crippen molar-refractivity contribution in [2.24, 2.45) is 0 Å². The van der Waals surface area contributed by atoms with Crippen molar-refractivity contribution < 1.29 is 19.4 Å². The van der Waals surface area contributed by atoms with Gasteiger partial charge < -0.3 is 19.6 Å². The summed E-state index contributed by atoms with van der Waals surface area (Å²) in [5, 5.41) is 10.9. The molecule has 0 aliphatic carbocycles. The van der Waals surface area contributed by atoms with Gasteiger partial charge in [-0.15, -0.1) is 0 Å². The summed E-state index contributed by atoms with van der Waals surface area (Å²) in [6, 6.07) is 15.3. The van der Waals surface area contributed by atoms with E-state index < -0.39 is 17.7 Å². The SMILES string of the molecule is C=CCOc1ccc([C@H]2C(=C(O)c3ccccc3)C(=O)C(=O)N2CCN(C)C)cc1. The number of Topliss-reactive ketones (excluding diaryl/α,β-unsaturated/α-hetero) is 1. The molecule has 0 radical (unpaired) electrons. The zero-order valence-electron chi connectivity index (χ0n) is 17.2. The van der Waals surface area contributed by atoms with Gasteiger partial charge in [0.1, 0.15) is 18.1 Å². The molecule has 2 aromatic rings. The smallest absolute Gasteiger partial charge is 0.295 e. The van der Waals surface area contributed by atoms with Gasteiger partial charge >= 0.3 is 0 Å². The van der Waals surface area contributed by atoms with Crippen molar-refractivity contribution >= 4 is 17.4 Å². The highest BCUT2D eigenvalue weighted by molar-refractivity contribution is 6.46. The number of ketones is 1. The molecule has 1 N–H and O–H groups in total. The predicted octanol–water partition coefficient (Wildman–Crippen LogP) is 3.23. The number of aliphatic hydroxyl groups excluding tert-OH is 1. The van der Waals surface area contributed by atoms with Crippen LogP contribution in [0.5, 0.6) is 5.75 Å². The van der Waals surface area contributed by atoms with Crippen molar-refractivity contribution in [2.45, 2.75) is 6.04 Å². The molecule has 1 aliphatic rings. The Bertz CT molecular complexity index is 949. The maximum atomic E-state index is 12.9. The Morgan fingerprint density at radius 3 is 2.40 bits per heavy atom. The van der Waals surface area contributed by atoms with Gasteiger partial charge in [-0.2, -0.15) is 0 Å².